The lowest BCUT2D eigenvalue weighted by Crippen LogP contribution is -2.28. The highest BCUT2D eigenvalue weighted by atomic mass is 14.9. The highest BCUT2D eigenvalue weighted by Crippen LogP contribution is 2.59. The molecule has 0 radical (unpaired) electrons. The lowest BCUT2D eigenvalue weighted by atomic mass is 9.67. The van der Waals surface area contributed by atoms with Crippen LogP contribution in [0.3, 0.4) is 0 Å². The summed E-state index contributed by atoms with van der Waals surface area (Å²) < 4.78 is 0. The van der Waals surface area contributed by atoms with Gasteiger partial charge in [0.25, 0.3) is 0 Å². The van der Waals surface area contributed by atoms with Gasteiger partial charge in [0.15, 0.2) is 5.82 Å². The number of hydrogen-bond donors (Lipinski definition) is 0. The lowest BCUT2D eigenvalue weighted by molar-refractivity contribution is 0.353. The van der Waals surface area contributed by atoms with Crippen LogP contribution in [0.5, 0.6) is 0 Å². The van der Waals surface area contributed by atoms with E-state index in [2.05, 4.69) is 188 Å². The molecule has 1 fully saturated rings. The van der Waals surface area contributed by atoms with E-state index in [1.54, 1.807) is 0 Å². The van der Waals surface area contributed by atoms with Gasteiger partial charge in [0.05, 0.1) is 11.4 Å². The van der Waals surface area contributed by atoms with Crippen molar-refractivity contribution in [2.75, 3.05) is 0 Å². The summed E-state index contributed by atoms with van der Waals surface area (Å²) in [5.41, 5.74) is 18.0. The minimum Gasteiger partial charge on any atom is -0.228 e. The Morgan fingerprint density at radius 3 is 1.60 bits per heavy atom. The van der Waals surface area contributed by atoms with Crippen LogP contribution < -0.4 is 0 Å². The first kappa shape index (κ1) is 34.4. The van der Waals surface area contributed by atoms with Crippen molar-refractivity contribution >= 4 is 10.8 Å². The standard InChI is InChI=1S/C56H42N2/c1-4-18-38(19-5-1)40-24-16-25-43(34-40)52-37-53(58-55(57-52)39-20-6-2-7-21-39)47-29-13-12-27-45(47)44-26-10-11-28-46(44)48-30-17-31-50-54(48)49-35-41-22-8-9-23-42(41)36-51(49)56(50)32-14-3-15-33-56/h1-2,4-13,16-31,34-37H,3,14-15,32-33H2. The first-order valence-electron chi connectivity index (χ1n) is 20.7. The van der Waals surface area contributed by atoms with Gasteiger partial charge in [0.1, 0.15) is 0 Å². The molecule has 0 N–H and O–H groups in total. The van der Waals surface area contributed by atoms with Crippen LogP contribution in [-0.2, 0) is 5.41 Å². The fraction of sp³-hybridized carbons (Fsp3) is 0.107. The van der Waals surface area contributed by atoms with Crippen molar-refractivity contribution in [3.05, 3.63) is 205 Å². The molecule has 1 heterocycles. The molecular formula is C56H42N2. The maximum Gasteiger partial charge on any atom is 0.160 e. The molecule has 276 valence electrons. The van der Waals surface area contributed by atoms with Crippen molar-refractivity contribution in [2.24, 2.45) is 0 Å². The molecule has 0 atom stereocenters. The Hall–Kier alpha value is -6.90. The summed E-state index contributed by atoms with van der Waals surface area (Å²) in [6.07, 6.45) is 6.25. The average Bonchev–Trinajstić information content (AvgIpc) is 3.56. The van der Waals surface area contributed by atoms with Gasteiger partial charge in [-0.1, -0.05) is 189 Å². The van der Waals surface area contributed by atoms with E-state index in [9.17, 15) is 0 Å². The molecule has 9 aromatic rings. The Kier molecular flexibility index (Phi) is 8.43. The molecule has 2 aliphatic rings. The van der Waals surface area contributed by atoms with E-state index in [4.69, 9.17) is 9.97 Å². The second-order valence-electron chi connectivity index (χ2n) is 16.0. The zero-order chi connectivity index (χ0) is 38.5. The fourth-order valence-corrected chi connectivity index (χ4v) is 9.98. The second kappa shape index (κ2) is 14.2. The predicted octanol–water partition coefficient (Wildman–Crippen LogP) is 14.9. The molecule has 0 amide bonds. The lowest BCUT2D eigenvalue weighted by Gasteiger charge is -2.36. The van der Waals surface area contributed by atoms with Gasteiger partial charge in [0, 0.05) is 22.1 Å². The second-order valence-corrected chi connectivity index (χ2v) is 16.0. The number of fused-ring (bicyclic) bond motifs is 6. The van der Waals surface area contributed by atoms with E-state index in [0.717, 1.165) is 39.2 Å². The minimum atomic E-state index is 0.0544. The molecule has 0 unspecified atom stereocenters. The predicted molar refractivity (Wildman–Crippen MR) is 241 cm³/mol. The SMILES string of the molecule is c1ccc(-c2cccc(-c3cc(-c4ccccc4-c4ccccc4-c4cccc5c4-c4cc6ccccc6cc4C54CCCCC4)nc(-c4ccccc4)n3)c2)cc1. The summed E-state index contributed by atoms with van der Waals surface area (Å²) in [6.45, 7) is 0. The van der Waals surface area contributed by atoms with E-state index in [1.807, 2.05) is 6.07 Å². The van der Waals surface area contributed by atoms with Crippen LogP contribution in [-0.4, -0.2) is 9.97 Å². The van der Waals surface area contributed by atoms with E-state index in [-0.39, 0.29) is 5.41 Å². The zero-order valence-corrected chi connectivity index (χ0v) is 32.4. The molecule has 0 aliphatic heterocycles. The summed E-state index contributed by atoms with van der Waals surface area (Å²) in [5, 5.41) is 2.64. The van der Waals surface area contributed by atoms with E-state index in [0.29, 0.717) is 5.82 Å². The average molecular weight is 743 g/mol. The van der Waals surface area contributed by atoms with Gasteiger partial charge in [0.2, 0.25) is 0 Å². The third-order valence-corrected chi connectivity index (χ3v) is 12.7. The number of aromatic nitrogens is 2. The summed E-state index contributed by atoms with van der Waals surface area (Å²) in [6, 6.07) is 70.6. The first-order valence-corrected chi connectivity index (χ1v) is 20.7. The van der Waals surface area contributed by atoms with Crippen LogP contribution in [0, 0.1) is 0 Å². The molecule has 1 aromatic heterocycles. The third kappa shape index (κ3) is 5.79. The van der Waals surface area contributed by atoms with Crippen molar-refractivity contribution < 1.29 is 0 Å². The molecule has 2 nitrogen and oxygen atoms in total. The molecule has 8 aromatic carbocycles. The quantitative estimate of drug-likeness (QED) is 0.170. The zero-order valence-electron chi connectivity index (χ0n) is 32.4. The third-order valence-electron chi connectivity index (χ3n) is 12.7. The minimum absolute atomic E-state index is 0.0544. The number of benzene rings is 8. The topological polar surface area (TPSA) is 25.8 Å². The van der Waals surface area contributed by atoms with Gasteiger partial charge in [-0.3, -0.25) is 0 Å². The van der Waals surface area contributed by atoms with E-state index < -0.39 is 0 Å². The van der Waals surface area contributed by atoms with Crippen LogP contribution in [0.25, 0.3) is 89.2 Å². The Balaban J connectivity index is 1.10. The maximum atomic E-state index is 5.33. The van der Waals surface area contributed by atoms with Crippen molar-refractivity contribution in [1.29, 1.82) is 0 Å². The molecular weight excluding hydrogens is 701 g/mol. The molecule has 1 saturated carbocycles. The maximum absolute atomic E-state index is 5.33. The largest absolute Gasteiger partial charge is 0.228 e. The van der Waals surface area contributed by atoms with Crippen LogP contribution in [0.15, 0.2) is 194 Å². The molecule has 0 saturated heterocycles. The first-order chi connectivity index (χ1) is 28.7. The smallest absolute Gasteiger partial charge is 0.160 e. The number of hydrogen-bond acceptors (Lipinski definition) is 2. The molecule has 2 heteroatoms. The van der Waals surface area contributed by atoms with Gasteiger partial charge in [-0.2, -0.15) is 0 Å². The molecule has 2 aliphatic carbocycles. The summed E-state index contributed by atoms with van der Waals surface area (Å²) in [7, 11) is 0. The summed E-state index contributed by atoms with van der Waals surface area (Å²) in [4.78, 5) is 10.5. The number of rotatable bonds is 6. The van der Waals surface area contributed by atoms with Crippen molar-refractivity contribution in [1.82, 2.24) is 9.97 Å². The van der Waals surface area contributed by atoms with Gasteiger partial charge < -0.3 is 0 Å². The summed E-state index contributed by atoms with van der Waals surface area (Å²) in [5.74, 6) is 0.712. The summed E-state index contributed by atoms with van der Waals surface area (Å²) >= 11 is 0. The van der Waals surface area contributed by atoms with Crippen molar-refractivity contribution in [3.8, 4) is 78.4 Å². The van der Waals surface area contributed by atoms with Crippen LogP contribution in [0.1, 0.15) is 43.2 Å². The van der Waals surface area contributed by atoms with Gasteiger partial charge in [-0.05, 0) is 104 Å². The Morgan fingerprint density at radius 1 is 0.328 bits per heavy atom. The number of nitrogens with zero attached hydrogens (tertiary/aromatic N) is 2. The van der Waals surface area contributed by atoms with Crippen molar-refractivity contribution in [2.45, 2.75) is 37.5 Å². The fourth-order valence-electron chi connectivity index (χ4n) is 9.98. The van der Waals surface area contributed by atoms with Crippen molar-refractivity contribution in [3.63, 3.8) is 0 Å². The van der Waals surface area contributed by atoms with Crippen LogP contribution >= 0.6 is 0 Å². The Labute approximate surface area is 340 Å². The molecule has 1 spiro atoms. The Morgan fingerprint density at radius 2 is 0.862 bits per heavy atom. The van der Waals surface area contributed by atoms with Gasteiger partial charge >= 0.3 is 0 Å². The highest BCUT2D eigenvalue weighted by Gasteiger charge is 2.45. The van der Waals surface area contributed by atoms with Gasteiger partial charge in [-0.25, -0.2) is 9.97 Å². The molecule has 11 rings (SSSR count). The molecule has 0 bridgehead atoms. The van der Waals surface area contributed by atoms with E-state index >= 15 is 0 Å². The van der Waals surface area contributed by atoms with E-state index in [1.165, 1.54) is 87.4 Å². The normalized spacial score (nSPS) is 14.0. The Bertz CT molecular complexity index is 2970. The van der Waals surface area contributed by atoms with Crippen LogP contribution in [0.2, 0.25) is 0 Å². The highest BCUT2D eigenvalue weighted by molar-refractivity contribution is 6.02. The molecule has 58 heavy (non-hydrogen) atoms. The monoisotopic (exact) mass is 742 g/mol. The van der Waals surface area contributed by atoms with Gasteiger partial charge in [-0.15, -0.1) is 0 Å². The van der Waals surface area contributed by atoms with Crippen LogP contribution in [0.4, 0.5) is 0 Å².